The second-order valence-corrected chi connectivity index (χ2v) is 7.97. The van der Waals surface area contributed by atoms with Crippen molar-refractivity contribution in [2.24, 2.45) is 0 Å². The third kappa shape index (κ3) is 3.60. The van der Waals surface area contributed by atoms with Crippen LogP contribution in [-0.2, 0) is 22.3 Å². The number of piperazine rings is 1. The average molecular weight is 446 g/mol. The van der Waals surface area contributed by atoms with Gasteiger partial charge >= 0.3 is 6.18 Å². The van der Waals surface area contributed by atoms with Crippen molar-refractivity contribution in [2.45, 2.75) is 37.2 Å². The van der Waals surface area contributed by atoms with Crippen LogP contribution in [0, 0.1) is 18.2 Å². The van der Waals surface area contributed by atoms with Crippen molar-refractivity contribution in [3.63, 3.8) is 0 Å². The molecule has 0 atom stereocenters. The molecule has 5 nitrogen and oxygen atoms in total. The maximum Gasteiger partial charge on any atom is 0.416 e. The minimum Gasteiger partial charge on any atom is -0.393 e. The van der Waals surface area contributed by atoms with Crippen molar-refractivity contribution in [1.29, 1.82) is 0 Å². The van der Waals surface area contributed by atoms with Crippen molar-refractivity contribution >= 4 is 17.5 Å². The van der Waals surface area contributed by atoms with Crippen molar-refractivity contribution in [3.8, 4) is 12.3 Å². The van der Waals surface area contributed by atoms with Crippen LogP contribution in [0.2, 0.25) is 0 Å². The largest absolute Gasteiger partial charge is 0.416 e. The van der Waals surface area contributed by atoms with E-state index in [0.717, 1.165) is 23.1 Å². The Morgan fingerprint density at radius 1 is 1.12 bits per heavy atom. The second kappa shape index (κ2) is 7.64. The molecule has 2 amide bonds. The molecule has 4 rings (SSSR count). The van der Waals surface area contributed by atoms with E-state index in [1.54, 1.807) is 0 Å². The first-order valence-electron chi connectivity index (χ1n) is 9.78. The van der Waals surface area contributed by atoms with Gasteiger partial charge in [-0.2, -0.15) is 13.2 Å². The summed E-state index contributed by atoms with van der Waals surface area (Å²) in [6, 6.07) is 8.16. The Hall–Kier alpha value is -3.38. The molecule has 1 saturated carbocycles. The van der Waals surface area contributed by atoms with E-state index in [-0.39, 0.29) is 30.6 Å². The molecule has 32 heavy (non-hydrogen) atoms. The van der Waals surface area contributed by atoms with E-state index < -0.39 is 47.6 Å². The highest BCUT2D eigenvalue weighted by atomic mass is 19.4. The molecule has 9 heteroatoms. The predicted octanol–water partition coefficient (Wildman–Crippen LogP) is 3.09. The number of hydrogen-bond acceptors (Lipinski definition) is 3. The molecule has 1 N–H and O–H groups in total. The molecule has 2 aromatic carbocycles. The van der Waals surface area contributed by atoms with Gasteiger partial charge in [-0.25, -0.2) is 4.39 Å². The maximum atomic E-state index is 14.6. The Balaban J connectivity index is 1.64. The van der Waals surface area contributed by atoms with Gasteiger partial charge in [0.25, 0.3) is 5.91 Å². The van der Waals surface area contributed by atoms with Crippen LogP contribution in [0.15, 0.2) is 42.5 Å². The quantitative estimate of drug-likeness (QED) is 0.583. The zero-order chi connectivity index (χ0) is 23.3. The average Bonchev–Trinajstić information content (AvgIpc) is 2.72. The van der Waals surface area contributed by atoms with Crippen molar-refractivity contribution in [2.75, 3.05) is 11.4 Å². The minimum absolute atomic E-state index is 0.0429. The molecule has 2 aromatic rings. The summed E-state index contributed by atoms with van der Waals surface area (Å²) >= 11 is 0. The lowest BCUT2D eigenvalue weighted by atomic mass is 9.70. The van der Waals surface area contributed by atoms with Crippen LogP contribution < -0.4 is 4.90 Å². The predicted molar refractivity (Wildman–Crippen MR) is 107 cm³/mol. The number of carbonyl (C=O) groups excluding carboxylic acids is 2. The first-order valence-corrected chi connectivity index (χ1v) is 9.78. The summed E-state index contributed by atoms with van der Waals surface area (Å²) in [5.41, 5.74) is -1.64. The fourth-order valence-electron chi connectivity index (χ4n) is 4.24. The number of halogens is 4. The van der Waals surface area contributed by atoms with Crippen LogP contribution in [0.5, 0.6) is 0 Å². The summed E-state index contributed by atoms with van der Waals surface area (Å²) in [5, 5.41) is 9.93. The second-order valence-electron chi connectivity index (χ2n) is 7.97. The number of aliphatic hydroxyl groups is 1. The Morgan fingerprint density at radius 3 is 2.31 bits per heavy atom. The number of amides is 2. The standard InChI is InChI=1S/C23H18F4N2O3/c1-2-14-5-8-19(18(24)9-14)28-13-20(31)29(22(21(28)32)10-17(30)11-22)12-15-3-6-16(7-4-15)23(25,26)27/h1,3-9,17,30H,10-13H2. The van der Waals surface area contributed by atoms with Crippen LogP contribution in [0.4, 0.5) is 23.2 Å². The first kappa shape index (κ1) is 21.8. The van der Waals surface area contributed by atoms with Gasteiger partial charge < -0.3 is 10.0 Å². The SMILES string of the molecule is C#Cc1ccc(N2CC(=O)N(Cc3ccc(C(F)(F)F)cc3)C3(CC(O)C3)C2=O)c(F)c1. The van der Waals surface area contributed by atoms with Gasteiger partial charge in [-0.3, -0.25) is 14.5 Å². The van der Waals surface area contributed by atoms with E-state index in [0.29, 0.717) is 5.56 Å². The lowest BCUT2D eigenvalue weighted by Gasteiger charge is -2.55. The molecular formula is C23H18F4N2O3. The summed E-state index contributed by atoms with van der Waals surface area (Å²) in [7, 11) is 0. The Morgan fingerprint density at radius 2 is 1.78 bits per heavy atom. The smallest absolute Gasteiger partial charge is 0.393 e. The van der Waals surface area contributed by atoms with Gasteiger partial charge in [-0.1, -0.05) is 18.1 Å². The van der Waals surface area contributed by atoms with E-state index in [2.05, 4.69) is 5.92 Å². The van der Waals surface area contributed by atoms with E-state index in [1.807, 2.05) is 0 Å². The lowest BCUT2D eigenvalue weighted by Crippen LogP contribution is -2.73. The van der Waals surface area contributed by atoms with Gasteiger partial charge in [0.1, 0.15) is 17.9 Å². The van der Waals surface area contributed by atoms with Crippen LogP contribution in [0.3, 0.4) is 0 Å². The Bertz CT molecular complexity index is 1120. The molecule has 166 valence electrons. The van der Waals surface area contributed by atoms with Gasteiger partial charge in [0, 0.05) is 24.9 Å². The summed E-state index contributed by atoms with van der Waals surface area (Å²) in [4.78, 5) is 28.7. The summed E-state index contributed by atoms with van der Waals surface area (Å²) < 4.78 is 53.1. The van der Waals surface area contributed by atoms with Gasteiger partial charge in [0.2, 0.25) is 5.91 Å². The summed E-state index contributed by atoms with van der Waals surface area (Å²) in [6.07, 6.45) is -0.139. The monoisotopic (exact) mass is 446 g/mol. The van der Waals surface area contributed by atoms with Crippen LogP contribution in [0.25, 0.3) is 0 Å². The lowest BCUT2D eigenvalue weighted by molar-refractivity contribution is -0.167. The van der Waals surface area contributed by atoms with Crippen LogP contribution in [-0.4, -0.2) is 40.0 Å². The number of anilines is 1. The van der Waals surface area contributed by atoms with Gasteiger partial charge in [-0.05, 0) is 35.9 Å². The molecule has 0 unspecified atom stereocenters. The third-order valence-electron chi connectivity index (χ3n) is 5.93. The third-order valence-corrected chi connectivity index (χ3v) is 5.93. The molecule has 0 aromatic heterocycles. The number of alkyl halides is 3. The number of rotatable bonds is 3. The van der Waals surface area contributed by atoms with Crippen LogP contribution in [0.1, 0.15) is 29.5 Å². The van der Waals surface area contributed by atoms with E-state index >= 15 is 0 Å². The zero-order valence-electron chi connectivity index (χ0n) is 16.7. The molecule has 2 aliphatic rings. The molecule has 1 aliphatic heterocycles. The van der Waals surface area contributed by atoms with E-state index in [9.17, 15) is 32.3 Å². The fraction of sp³-hybridized carbons (Fsp3) is 0.304. The molecule has 1 spiro atoms. The number of hydrogen-bond donors (Lipinski definition) is 1. The molecular weight excluding hydrogens is 428 g/mol. The molecule has 1 heterocycles. The van der Waals surface area contributed by atoms with E-state index in [1.165, 1.54) is 29.2 Å². The highest BCUT2D eigenvalue weighted by Crippen LogP contribution is 2.44. The molecule has 0 bridgehead atoms. The van der Waals surface area contributed by atoms with Gasteiger partial charge in [0.05, 0.1) is 17.4 Å². The number of nitrogens with zero attached hydrogens (tertiary/aromatic N) is 2. The van der Waals surface area contributed by atoms with Crippen molar-refractivity contribution in [1.82, 2.24) is 4.90 Å². The highest BCUT2D eigenvalue weighted by molar-refractivity contribution is 6.09. The fourth-order valence-corrected chi connectivity index (χ4v) is 4.24. The summed E-state index contributed by atoms with van der Waals surface area (Å²) in [5.74, 6) is 0.474. The molecule has 1 saturated heterocycles. The number of carbonyl (C=O) groups is 2. The number of benzene rings is 2. The number of terminal acetylenes is 1. The Labute approximate surface area is 181 Å². The number of aliphatic hydroxyl groups excluding tert-OH is 1. The van der Waals surface area contributed by atoms with Gasteiger partial charge in [-0.15, -0.1) is 6.42 Å². The minimum atomic E-state index is -4.49. The molecule has 2 fully saturated rings. The van der Waals surface area contributed by atoms with E-state index in [4.69, 9.17) is 6.42 Å². The normalized spacial score (nSPS) is 23.3. The van der Waals surface area contributed by atoms with Crippen LogP contribution >= 0.6 is 0 Å². The van der Waals surface area contributed by atoms with Crippen molar-refractivity contribution < 1.29 is 32.3 Å². The van der Waals surface area contributed by atoms with Gasteiger partial charge in [0.15, 0.2) is 0 Å². The topological polar surface area (TPSA) is 60.9 Å². The van der Waals surface area contributed by atoms with Crippen molar-refractivity contribution in [3.05, 3.63) is 65.0 Å². The highest BCUT2D eigenvalue weighted by Gasteiger charge is 2.60. The molecule has 0 radical (unpaired) electrons. The summed E-state index contributed by atoms with van der Waals surface area (Å²) in [6.45, 7) is -0.550. The molecule has 1 aliphatic carbocycles. The zero-order valence-corrected chi connectivity index (χ0v) is 16.7. The maximum absolute atomic E-state index is 14.6. The Kier molecular flexibility index (Phi) is 5.21. The first-order chi connectivity index (χ1) is 15.0.